The molecular weight excluding hydrogens is 256 g/mol. The lowest BCUT2D eigenvalue weighted by atomic mass is 9.93. The quantitative estimate of drug-likeness (QED) is 0.684. The normalized spacial score (nSPS) is 18.2. The minimum Gasteiger partial charge on any atom is -0.457 e. The van der Waals surface area contributed by atoms with Crippen LogP contribution in [-0.2, 0) is 12.8 Å². The van der Waals surface area contributed by atoms with E-state index in [0.29, 0.717) is 0 Å². The smallest absolute Gasteiger partial charge is 0.127 e. The topological polar surface area (TPSA) is 9.23 Å². The molecule has 1 aromatic carbocycles. The monoisotopic (exact) mass is 282 g/mol. The number of hydrogen-bond acceptors (Lipinski definition) is 1. The van der Waals surface area contributed by atoms with Crippen LogP contribution in [0.2, 0.25) is 0 Å². The molecule has 0 N–H and O–H groups in total. The highest BCUT2D eigenvalue weighted by Crippen LogP contribution is 2.28. The van der Waals surface area contributed by atoms with Crippen molar-refractivity contribution in [3.8, 4) is 5.75 Å². The summed E-state index contributed by atoms with van der Waals surface area (Å²) < 4.78 is 5.98. The van der Waals surface area contributed by atoms with Crippen LogP contribution in [-0.4, -0.2) is 0 Å². The second kappa shape index (κ2) is 6.80. The molecule has 21 heavy (non-hydrogen) atoms. The highest BCUT2D eigenvalue weighted by molar-refractivity contribution is 5.40. The van der Waals surface area contributed by atoms with Crippen LogP contribution < -0.4 is 4.74 Å². The maximum absolute atomic E-state index is 5.98. The van der Waals surface area contributed by atoms with Crippen LogP contribution in [0.5, 0.6) is 5.75 Å². The molecule has 0 unspecified atom stereocenters. The fourth-order valence-corrected chi connectivity index (χ4v) is 2.61. The van der Waals surface area contributed by atoms with Gasteiger partial charge in [-0.05, 0) is 54.7 Å². The Balaban J connectivity index is 0.000000774. The van der Waals surface area contributed by atoms with E-state index in [2.05, 4.69) is 56.4 Å². The summed E-state index contributed by atoms with van der Waals surface area (Å²) in [7, 11) is 0. The second-order valence-electron chi connectivity index (χ2n) is 5.97. The van der Waals surface area contributed by atoms with Gasteiger partial charge in [0.05, 0.1) is 0 Å². The maximum atomic E-state index is 5.98. The Kier molecular flexibility index (Phi) is 5.06. The van der Waals surface area contributed by atoms with Gasteiger partial charge >= 0.3 is 0 Å². The predicted octanol–water partition coefficient (Wildman–Crippen LogP) is 5.62. The molecule has 0 atom stereocenters. The van der Waals surface area contributed by atoms with Crippen LogP contribution in [0.3, 0.4) is 0 Å². The van der Waals surface area contributed by atoms with Gasteiger partial charge in [0.25, 0.3) is 0 Å². The van der Waals surface area contributed by atoms with E-state index in [1.807, 2.05) is 19.9 Å². The molecule has 1 nitrogen and oxygen atoms in total. The minimum atomic E-state index is 0.0968. The lowest BCUT2D eigenvalue weighted by Crippen LogP contribution is -2.01. The lowest BCUT2D eigenvalue weighted by molar-refractivity contribution is 0.443. The van der Waals surface area contributed by atoms with Gasteiger partial charge in [-0.2, -0.15) is 0 Å². The highest BCUT2D eigenvalue weighted by Gasteiger charge is 2.13. The molecule has 2 aliphatic carbocycles. The van der Waals surface area contributed by atoms with Crippen LogP contribution in [0.15, 0.2) is 54.3 Å². The van der Waals surface area contributed by atoms with Crippen molar-refractivity contribution in [1.82, 2.24) is 0 Å². The fraction of sp³-hybridized carbons (Fsp3) is 0.400. The van der Waals surface area contributed by atoms with E-state index >= 15 is 0 Å². The van der Waals surface area contributed by atoms with Gasteiger partial charge < -0.3 is 4.74 Å². The number of allylic oxidation sites excluding steroid dienone is 5. The Morgan fingerprint density at radius 1 is 1.00 bits per heavy atom. The first-order chi connectivity index (χ1) is 10.1. The number of benzene rings is 1. The zero-order valence-corrected chi connectivity index (χ0v) is 13.6. The first-order valence-corrected chi connectivity index (χ1v) is 8.01. The molecule has 0 fully saturated rings. The average Bonchev–Trinajstić information content (AvgIpc) is 2.87. The van der Waals surface area contributed by atoms with Crippen molar-refractivity contribution in [1.29, 1.82) is 0 Å². The van der Waals surface area contributed by atoms with Crippen LogP contribution in [0, 0.1) is 5.41 Å². The standard InChI is InChI=1S/C18H20O.C2H6/c1-18(2)11-4-7-16(10-12-18)19-17-9-8-14-5-3-6-15(14)13-17;1-2/h4,7-13H,3,5-6H2,1-2H3;1-2H3. The molecule has 1 heteroatoms. The molecule has 0 spiro atoms. The molecule has 2 aliphatic rings. The second-order valence-corrected chi connectivity index (χ2v) is 5.97. The number of aryl methyl sites for hydroxylation is 2. The molecule has 0 saturated heterocycles. The average molecular weight is 282 g/mol. The third kappa shape index (κ3) is 4.10. The van der Waals surface area contributed by atoms with Crippen LogP contribution in [0.4, 0.5) is 0 Å². The van der Waals surface area contributed by atoms with Gasteiger partial charge in [0.2, 0.25) is 0 Å². The van der Waals surface area contributed by atoms with Gasteiger partial charge in [-0.1, -0.05) is 52.0 Å². The summed E-state index contributed by atoms with van der Waals surface area (Å²) in [5.74, 6) is 1.85. The summed E-state index contributed by atoms with van der Waals surface area (Å²) in [4.78, 5) is 0. The Morgan fingerprint density at radius 3 is 2.57 bits per heavy atom. The van der Waals surface area contributed by atoms with Crippen molar-refractivity contribution in [2.45, 2.75) is 47.0 Å². The van der Waals surface area contributed by atoms with Crippen molar-refractivity contribution in [3.63, 3.8) is 0 Å². The number of fused-ring (bicyclic) bond motifs is 1. The summed E-state index contributed by atoms with van der Waals surface area (Å²) in [6, 6.07) is 6.48. The van der Waals surface area contributed by atoms with E-state index in [-0.39, 0.29) is 5.41 Å². The summed E-state index contributed by atoms with van der Waals surface area (Å²) >= 11 is 0. The van der Waals surface area contributed by atoms with E-state index in [1.165, 1.54) is 30.4 Å². The Hall–Kier alpha value is -1.76. The maximum Gasteiger partial charge on any atom is 0.127 e. The Labute approximate surface area is 129 Å². The fourth-order valence-electron chi connectivity index (χ4n) is 2.61. The minimum absolute atomic E-state index is 0.0968. The molecular formula is C20H26O. The van der Waals surface area contributed by atoms with E-state index in [4.69, 9.17) is 4.74 Å². The summed E-state index contributed by atoms with van der Waals surface area (Å²) in [5, 5.41) is 0. The Bertz CT molecular complexity index is 574. The molecule has 0 saturated carbocycles. The van der Waals surface area contributed by atoms with Crippen LogP contribution >= 0.6 is 0 Å². The van der Waals surface area contributed by atoms with Crippen LogP contribution in [0.25, 0.3) is 0 Å². The SMILES string of the molecule is CC.CC1(C)C=CC=C(Oc2ccc3c(c2)CCC3)C=C1. The summed E-state index contributed by atoms with van der Waals surface area (Å²) in [5.41, 5.74) is 3.03. The number of hydrogen-bond donors (Lipinski definition) is 0. The van der Waals surface area contributed by atoms with Gasteiger partial charge in [-0.25, -0.2) is 0 Å². The first-order valence-electron chi connectivity index (χ1n) is 8.01. The van der Waals surface area contributed by atoms with E-state index < -0.39 is 0 Å². The summed E-state index contributed by atoms with van der Waals surface area (Å²) in [6.45, 7) is 8.37. The zero-order valence-electron chi connectivity index (χ0n) is 13.6. The highest BCUT2D eigenvalue weighted by atomic mass is 16.5. The van der Waals surface area contributed by atoms with Crippen molar-refractivity contribution in [3.05, 3.63) is 65.5 Å². The van der Waals surface area contributed by atoms with E-state index in [1.54, 1.807) is 0 Å². The van der Waals surface area contributed by atoms with E-state index in [0.717, 1.165) is 11.5 Å². The van der Waals surface area contributed by atoms with E-state index in [9.17, 15) is 0 Å². The molecule has 3 rings (SSSR count). The summed E-state index contributed by atoms with van der Waals surface area (Å²) in [6.07, 6.45) is 14.2. The number of rotatable bonds is 2. The largest absolute Gasteiger partial charge is 0.457 e. The van der Waals surface area contributed by atoms with Gasteiger partial charge in [-0.15, -0.1) is 0 Å². The molecule has 0 amide bonds. The van der Waals surface area contributed by atoms with Gasteiger partial charge in [-0.3, -0.25) is 0 Å². The molecule has 112 valence electrons. The molecule has 1 aromatic rings. The number of ether oxygens (including phenoxy) is 1. The third-order valence-corrected chi connectivity index (χ3v) is 3.77. The lowest BCUT2D eigenvalue weighted by Gasteiger charge is -2.12. The van der Waals surface area contributed by atoms with Gasteiger partial charge in [0, 0.05) is 5.41 Å². The predicted molar refractivity (Wildman–Crippen MR) is 90.6 cm³/mol. The molecule has 0 bridgehead atoms. The Morgan fingerprint density at radius 2 is 1.76 bits per heavy atom. The zero-order chi connectivity index (χ0) is 15.3. The van der Waals surface area contributed by atoms with Gasteiger partial charge in [0.15, 0.2) is 0 Å². The van der Waals surface area contributed by atoms with Gasteiger partial charge in [0.1, 0.15) is 11.5 Å². The van der Waals surface area contributed by atoms with Crippen molar-refractivity contribution in [2.75, 3.05) is 0 Å². The van der Waals surface area contributed by atoms with Crippen molar-refractivity contribution in [2.24, 2.45) is 5.41 Å². The first kappa shape index (κ1) is 15.6. The molecule has 0 aliphatic heterocycles. The third-order valence-electron chi connectivity index (χ3n) is 3.77. The molecule has 0 radical (unpaired) electrons. The van der Waals surface area contributed by atoms with Crippen molar-refractivity contribution < 1.29 is 4.74 Å². The molecule has 0 heterocycles. The van der Waals surface area contributed by atoms with Crippen molar-refractivity contribution >= 4 is 0 Å². The van der Waals surface area contributed by atoms with Crippen LogP contribution in [0.1, 0.15) is 45.2 Å². The molecule has 0 aromatic heterocycles.